The van der Waals surface area contributed by atoms with E-state index in [0.29, 0.717) is 17.7 Å². The zero-order chi connectivity index (χ0) is 26.8. The molecule has 37 heavy (non-hydrogen) atoms. The molecule has 0 bridgehead atoms. The molecular weight excluding hydrogens is 484 g/mol. The van der Waals surface area contributed by atoms with Gasteiger partial charge in [0.15, 0.2) is 0 Å². The molecule has 4 rings (SSSR count). The van der Waals surface area contributed by atoms with E-state index < -0.39 is 10.0 Å². The number of hydrogen-bond donors (Lipinski definition) is 1. The first-order valence-corrected chi connectivity index (χ1v) is 14.6. The third-order valence-corrected chi connectivity index (χ3v) is 8.53. The van der Waals surface area contributed by atoms with Crippen LogP contribution in [0, 0.1) is 13.8 Å². The highest BCUT2D eigenvalue weighted by atomic mass is 32.2. The number of rotatable bonds is 8. The summed E-state index contributed by atoms with van der Waals surface area (Å²) in [5.74, 6) is 0.662. The van der Waals surface area contributed by atoms with Crippen molar-refractivity contribution in [2.75, 3.05) is 10.6 Å². The maximum absolute atomic E-state index is 13.3. The standard InChI is InChI=1S/C30H36N2O4S/c1-6-30(7-2)19-26(25-13-8-9-14-27(25)36-30)31-29(33)24-17-15-23(16-18-24)20-32(37(5,34)35)28-21(3)11-10-12-22(28)4/h8-18,26H,6-7,19-20H2,1-5H3,(H,31,33)/t26-/m1/s1. The summed E-state index contributed by atoms with van der Waals surface area (Å²) in [6.07, 6.45) is 3.64. The molecule has 1 amide bonds. The maximum atomic E-state index is 13.3. The van der Waals surface area contributed by atoms with E-state index in [4.69, 9.17) is 4.74 Å². The van der Waals surface area contributed by atoms with E-state index in [2.05, 4.69) is 19.2 Å². The van der Waals surface area contributed by atoms with Crippen molar-refractivity contribution in [1.29, 1.82) is 0 Å². The van der Waals surface area contributed by atoms with Crippen molar-refractivity contribution in [3.05, 3.63) is 94.5 Å². The minimum absolute atomic E-state index is 0.151. The quantitative estimate of drug-likeness (QED) is 0.390. The monoisotopic (exact) mass is 520 g/mol. The number of nitrogens with zero attached hydrogens (tertiary/aromatic N) is 1. The molecule has 0 radical (unpaired) electrons. The van der Waals surface area contributed by atoms with Crippen LogP contribution in [-0.2, 0) is 16.6 Å². The number of aryl methyl sites for hydroxylation is 2. The van der Waals surface area contributed by atoms with Crippen molar-refractivity contribution in [1.82, 2.24) is 5.32 Å². The molecule has 1 heterocycles. The second-order valence-corrected chi connectivity index (χ2v) is 11.9. The molecule has 0 fully saturated rings. The van der Waals surface area contributed by atoms with Gasteiger partial charge in [-0.2, -0.15) is 0 Å². The van der Waals surface area contributed by atoms with Crippen molar-refractivity contribution in [3.8, 4) is 5.75 Å². The Labute approximate surface area is 220 Å². The number of carbonyl (C=O) groups excluding carboxylic acids is 1. The van der Waals surface area contributed by atoms with Crippen LogP contribution in [0.5, 0.6) is 5.75 Å². The first kappa shape index (κ1) is 26.7. The van der Waals surface area contributed by atoms with Crippen LogP contribution in [-0.4, -0.2) is 26.2 Å². The summed E-state index contributed by atoms with van der Waals surface area (Å²) in [5, 5.41) is 3.21. The van der Waals surface area contributed by atoms with Gasteiger partial charge in [0.05, 0.1) is 24.5 Å². The van der Waals surface area contributed by atoms with E-state index >= 15 is 0 Å². The van der Waals surface area contributed by atoms with E-state index in [-0.39, 0.29) is 24.1 Å². The highest BCUT2D eigenvalue weighted by Gasteiger charge is 2.39. The predicted molar refractivity (Wildman–Crippen MR) is 149 cm³/mol. The number of fused-ring (bicyclic) bond motifs is 1. The van der Waals surface area contributed by atoms with E-state index in [1.807, 2.05) is 68.4 Å². The molecule has 0 saturated heterocycles. The summed E-state index contributed by atoms with van der Waals surface area (Å²) < 4.78 is 33.2. The molecule has 196 valence electrons. The molecule has 0 unspecified atom stereocenters. The highest BCUT2D eigenvalue weighted by molar-refractivity contribution is 7.92. The molecule has 1 N–H and O–H groups in total. The van der Waals surface area contributed by atoms with E-state index in [0.717, 1.165) is 40.8 Å². The SMILES string of the molecule is CCC1(CC)C[C@@H](NC(=O)c2ccc(CN(c3c(C)cccc3C)S(C)(=O)=O)cc2)c2ccccc2O1. The molecular formula is C30H36N2O4S. The summed E-state index contributed by atoms with van der Waals surface area (Å²) in [6.45, 7) is 8.25. The summed E-state index contributed by atoms with van der Waals surface area (Å²) in [6, 6.07) is 20.6. The highest BCUT2D eigenvalue weighted by Crippen LogP contribution is 2.42. The maximum Gasteiger partial charge on any atom is 0.251 e. The number of sulfonamides is 1. The smallest absolute Gasteiger partial charge is 0.251 e. The van der Waals surface area contributed by atoms with Crippen LogP contribution in [0.3, 0.4) is 0 Å². The van der Waals surface area contributed by atoms with Gasteiger partial charge in [-0.25, -0.2) is 8.42 Å². The zero-order valence-electron chi connectivity index (χ0n) is 22.2. The van der Waals surface area contributed by atoms with Crippen molar-refractivity contribution in [2.24, 2.45) is 0 Å². The van der Waals surface area contributed by atoms with Gasteiger partial charge in [0, 0.05) is 17.5 Å². The van der Waals surface area contributed by atoms with Crippen LogP contribution < -0.4 is 14.4 Å². The lowest BCUT2D eigenvalue weighted by atomic mass is 9.83. The van der Waals surface area contributed by atoms with E-state index in [1.54, 1.807) is 12.1 Å². The minimum atomic E-state index is -3.51. The fraction of sp³-hybridized carbons (Fsp3) is 0.367. The third-order valence-electron chi connectivity index (χ3n) is 7.42. The molecule has 0 saturated carbocycles. The minimum Gasteiger partial charge on any atom is -0.487 e. The summed E-state index contributed by atoms with van der Waals surface area (Å²) in [7, 11) is -3.51. The van der Waals surface area contributed by atoms with Gasteiger partial charge >= 0.3 is 0 Å². The van der Waals surface area contributed by atoms with Gasteiger partial charge in [-0.15, -0.1) is 0 Å². The Kier molecular flexibility index (Phi) is 7.64. The van der Waals surface area contributed by atoms with Gasteiger partial charge in [0.2, 0.25) is 10.0 Å². The molecule has 0 aromatic heterocycles. The predicted octanol–water partition coefficient (Wildman–Crippen LogP) is 6.08. The number of para-hydroxylation sites is 2. The zero-order valence-corrected chi connectivity index (χ0v) is 23.1. The Bertz CT molecular complexity index is 1360. The van der Waals surface area contributed by atoms with Crippen LogP contribution in [0.15, 0.2) is 66.7 Å². The second kappa shape index (κ2) is 10.6. The van der Waals surface area contributed by atoms with Crippen LogP contribution in [0.2, 0.25) is 0 Å². The number of ether oxygens (including phenoxy) is 1. The Hall–Kier alpha value is -3.32. The van der Waals surface area contributed by atoms with Crippen LogP contribution in [0.4, 0.5) is 5.69 Å². The van der Waals surface area contributed by atoms with Crippen LogP contribution in [0.1, 0.15) is 71.8 Å². The lowest BCUT2D eigenvalue weighted by Gasteiger charge is -2.41. The number of hydrogen-bond acceptors (Lipinski definition) is 4. The number of anilines is 1. The lowest BCUT2D eigenvalue weighted by Crippen LogP contribution is -2.44. The normalized spacial score (nSPS) is 16.4. The van der Waals surface area contributed by atoms with Crippen molar-refractivity contribution >= 4 is 21.6 Å². The second-order valence-electron chi connectivity index (χ2n) is 9.97. The summed E-state index contributed by atoms with van der Waals surface area (Å²) in [5.41, 5.74) is 4.50. The third kappa shape index (κ3) is 5.67. The largest absolute Gasteiger partial charge is 0.487 e. The first-order valence-electron chi connectivity index (χ1n) is 12.8. The summed E-state index contributed by atoms with van der Waals surface area (Å²) in [4.78, 5) is 13.3. The first-order chi connectivity index (χ1) is 17.6. The van der Waals surface area contributed by atoms with Gasteiger partial charge in [-0.3, -0.25) is 9.10 Å². The molecule has 3 aromatic rings. The van der Waals surface area contributed by atoms with Crippen LogP contribution in [0.25, 0.3) is 0 Å². The molecule has 1 atom stereocenters. The number of carbonyl (C=O) groups is 1. The van der Waals surface area contributed by atoms with Gasteiger partial charge in [-0.05, 0) is 61.6 Å². The molecule has 1 aliphatic rings. The average molecular weight is 521 g/mol. The van der Waals surface area contributed by atoms with Crippen molar-refractivity contribution in [3.63, 3.8) is 0 Å². The number of nitrogens with one attached hydrogen (secondary N) is 1. The van der Waals surface area contributed by atoms with Crippen LogP contribution >= 0.6 is 0 Å². The van der Waals surface area contributed by atoms with E-state index in [9.17, 15) is 13.2 Å². The number of amides is 1. The van der Waals surface area contributed by atoms with Crippen molar-refractivity contribution < 1.29 is 17.9 Å². The van der Waals surface area contributed by atoms with Gasteiger partial charge in [-0.1, -0.05) is 62.4 Å². The van der Waals surface area contributed by atoms with Gasteiger partial charge < -0.3 is 10.1 Å². The molecule has 6 nitrogen and oxygen atoms in total. The molecule has 1 aliphatic heterocycles. The Morgan fingerprint density at radius 1 is 0.973 bits per heavy atom. The Balaban J connectivity index is 1.54. The van der Waals surface area contributed by atoms with Gasteiger partial charge in [0.1, 0.15) is 11.4 Å². The molecule has 0 aliphatic carbocycles. The topological polar surface area (TPSA) is 75.7 Å². The Morgan fingerprint density at radius 3 is 2.19 bits per heavy atom. The van der Waals surface area contributed by atoms with E-state index in [1.165, 1.54) is 10.6 Å². The molecule has 7 heteroatoms. The fourth-order valence-electron chi connectivity index (χ4n) is 5.16. The Morgan fingerprint density at radius 2 is 1.59 bits per heavy atom. The number of benzene rings is 3. The molecule has 0 spiro atoms. The lowest BCUT2D eigenvalue weighted by molar-refractivity contribution is 0.0227. The van der Waals surface area contributed by atoms with Gasteiger partial charge in [0.25, 0.3) is 5.91 Å². The molecule has 3 aromatic carbocycles. The summed E-state index contributed by atoms with van der Waals surface area (Å²) >= 11 is 0. The fourth-order valence-corrected chi connectivity index (χ4v) is 6.16. The van der Waals surface area contributed by atoms with Crippen molar-refractivity contribution in [2.45, 2.75) is 65.1 Å². The average Bonchev–Trinajstić information content (AvgIpc) is 2.87.